The van der Waals surface area contributed by atoms with Crippen LogP contribution in [-0.2, 0) is 52.7 Å². The number of unbranched alkanes of at least 4 members (excludes halogenated alkanes) is 1. The van der Waals surface area contributed by atoms with Gasteiger partial charge in [-0.25, -0.2) is 0 Å². The molecule has 20 N–H and O–H groups in total. The van der Waals surface area contributed by atoms with Crippen LogP contribution in [0.2, 0.25) is 0 Å². The lowest BCUT2D eigenvalue weighted by Crippen LogP contribution is -2.59. The molecule has 0 aromatic rings. The Morgan fingerprint density at radius 1 is 0.500 bits per heavy atom. The quantitative estimate of drug-likeness (QED) is 0.0327. The number of aliphatic hydroxyl groups is 2. The van der Waals surface area contributed by atoms with Crippen LogP contribution in [0.5, 0.6) is 0 Å². The van der Waals surface area contributed by atoms with Gasteiger partial charge in [0, 0.05) is 6.42 Å². The third-order valence-corrected chi connectivity index (χ3v) is 7.30. The van der Waals surface area contributed by atoms with Crippen LogP contribution in [0, 0.1) is 0 Å². The van der Waals surface area contributed by atoms with E-state index in [1.807, 2.05) is 0 Å². The third kappa shape index (κ3) is 21.0. The number of rotatable bonds is 28. The molecular weight excluding hydrogens is 750 g/mol. The molecule has 0 heterocycles. The van der Waals surface area contributed by atoms with Crippen molar-refractivity contribution in [3.8, 4) is 0 Å². The third-order valence-electron chi connectivity index (χ3n) is 7.30. The van der Waals surface area contributed by atoms with Crippen LogP contribution in [0.25, 0.3) is 0 Å². The first-order chi connectivity index (χ1) is 26.2. The van der Waals surface area contributed by atoms with Crippen LogP contribution < -0.4 is 71.2 Å². The number of carbonyl (C=O) groups excluding carboxylic acids is 11. The van der Waals surface area contributed by atoms with Gasteiger partial charge in [0.25, 0.3) is 0 Å². The molecule has 11 amide bonds. The van der Waals surface area contributed by atoms with Crippen molar-refractivity contribution in [2.45, 2.75) is 81.7 Å². The van der Waals surface area contributed by atoms with Crippen molar-refractivity contribution < 1.29 is 63.0 Å². The van der Waals surface area contributed by atoms with Gasteiger partial charge in [0.2, 0.25) is 65.0 Å². The van der Waals surface area contributed by atoms with E-state index in [2.05, 4.69) is 42.5 Å². The summed E-state index contributed by atoms with van der Waals surface area (Å²) in [4.78, 5) is 134. The number of primary amides is 3. The van der Waals surface area contributed by atoms with E-state index < -0.39 is 147 Å². The van der Waals surface area contributed by atoms with Gasteiger partial charge in [-0.2, -0.15) is 0 Å². The second kappa shape index (κ2) is 26.7. The normalized spacial score (nSPS) is 13.8. The molecule has 0 fully saturated rings. The van der Waals surface area contributed by atoms with Gasteiger partial charge in [-0.15, -0.1) is 0 Å². The summed E-state index contributed by atoms with van der Waals surface area (Å²) in [5.74, 6) is -10.6. The van der Waals surface area contributed by atoms with Crippen LogP contribution in [0.4, 0.5) is 0 Å². The zero-order valence-corrected chi connectivity index (χ0v) is 30.7. The zero-order chi connectivity index (χ0) is 43.0. The highest BCUT2D eigenvalue weighted by Crippen LogP contribution is 2.04. The molecule has 6 unspecified atom stereocenters. The van der Waals surface area contributed by atoms with Crippen molar-refractivity contribution in [1.82, 2.24) is 42.5 Å². The summed E-state index contributed by atoms with van der Waals surface area (Å²) < 4.78 is 0. The maximum Gasteiger partial charge on any atom is 0.245 e. The molecular formula is C30H53N13O13. The average Bonchev–Trinajstić information content (AvgIpc) is 3.13. The lowest BCUT2D eigenvalue weighted by molar-refractivity contribution is -0.135. The second-order valence-electron chi connectivity index (χ2n) is 12.2. The molecule has 6 atom stereocenters. The number of nitrogens with one attached hydrogen (secondary N) is 8. The Labute approximate surface area is 320 Å². The molecule has 0 saturated heterocycles. The number of nitrogens with two attached hydrogens (primary N) is 5. The van der Waals surface area contributed by atoms with E-state index in [9.17, 15) is 63.0 Å². The van der Waals surface area contributed by atoms with E-state index in [1.54, 1.807) is 0 Å². The summed E-state index contributed by atoms with van der Waals surface area (Å²) in [7, 11) is 0. The molecule has 0 aliphatic rings. The molecule has 26 heteroatoms. The fourth-order valence-corrected chi connectivity index (χ4v) is 4.31. The van der Waals surface area contributed by atoms with Crippen LogP contribution in [0.1, 0.15) is 45.4 Å². The summed E-state index contributed by atoms with van der Waals surface area (Å²) in [5.41, 5.74) is 26.3. The molecule has 0 rings (SSSR count). The second-order valence-corrected chi connectivity index (χ2v) is 12.2. The number of hydrogen-bond donors (Lipinski definition) is 15. The maximum atomic E-state index is 13.0. The molecule has 26 nitrogen and oxygen atoms in total. The number of amides is 11. The highest BCUT2D eigenvalue weighted by atomic mass is 16.3. The molecule has 0 aromatic carbocycles. The Morgan fingerprint density at radius 3 is 1.48 bits per heavy atom. The Kier molecular flexibility index (Phi) is 23.9. The van der Waals surface area contributed by atoms with E-state index in [4.69, 9.17) is 28.7 Å². The summed E-state index contributed by atoms with van der Waals surface area (Å²) in [5, 5.41) is 36.9. The van der Waals surface area contributed by atoms with Crippen molar-refractivity contribution in [2.24, 2.45) is 28.7 Å². The highest BCUT2D eigenvalue weighted by molar-refractivity contribution is 5.97. The Morgan fingerprint density at radius 2 is 0.964 bits per heavy atom. The standard InChI is InChI=1S/C30H53N13O13/c1-14(32)25(51)40-15(4-2-3-7-31)28(54)43-19(13-45)30(56)41-16(5-6-20(33)46)26(52)38-10-23(49)36-11-24(50)39-18(12-44)29(55)42-17(8-21(34)47)27(53)37-9-22(35)48/h14-19,44-45H,2-13,31-32H2,1H3,(H2,33,46)(H2,34,47)(H2,35,48)(H,36,49)(H,37,53)(H,38,52)(H,39,50)(H,40,51)(H,41,56)(H,42,55)(H,43,54). The van der Waals surface area contributed by atoms with Crippen LogP contribution >= 0.6 is 0 Å². The summed E-state index contributed by atoms with van der Waals surface area (Å²) in [6, 6.07) is -8.60. The van der Waals surface area contributed by atoms with Crippen molar-refractivity contribution in [3.63, 3.8) is 0 Å². The first kappa shape index (κ1) is 50.0. The first-order valence-corrected chi connectivity index (χ1v) is 17.1. The van der Waals surface area contributed by atoms with Crippen LogP contribution in [0.3, 0.4) is 0 Å². The lowest BCUT2D eigenvalue weighted by Gasteiger charge is -2.24. The maximum absolute atomic E-state index is 13.0. The zero-order valence-electron chi connectivity index (χ0n) is 30.7. The van der Waals surface area contributed by atoms with Gasteiger partial charge in [-0.1, -0.05) is 0 Å². The molecule has 316 valence electrons. The van der Waals surface area contributed by atoms with E-state index >= 15 is 0 Å². The molecule has 0 aromatic heterocycles. The fourth-order valence-electron chi connectivity index (χ4n) is 4.31. The predicted octanol–water partition coefficient (Wildman–Crippen LogP) is -10.2. The molecule has 56 heavy (non-hydrogen) atoms. The van der Waals surface area contributed by atoms with Gasteiger partial charge in [-0.3, -0.25) is 52.7 Å². The SMILES string of the molecule is CC(N)C(=O)NC(CCCCN)C(=O)NC(CO)C(=O)NC(CCC(N)=O)C(=O)NCC(=O)NCC(=O)NC(CO)C(=O)NC(CC(N)=O)C(=O)NCC(N)=O. The van der Waals surface area contributed by atoms with Crippen LogP contribution in [0.15, 0.2) is 0 Å². The van der Waals surface area contributed by atoms with Gasteiger partial charge in [0.1, 0.15) is 30.2 Å². The van der Waals surface area contributed by atoms with Crippen LogP contribution in [-0.4, -0.2) is 151 Å². The van der Waals surface area contributed by atoms with Crippen molar-refractivity contribution in [2.75, 3.05) is 39.4 Å². The van der Waals surface area contributed by atoms with Crippen molar-refractivity contribution >= 4 is 65.0 Å². The smallest absolute Gasteiger partial charge is 0.245 e. The Bertz CT molecular complexity index is 1430. The lowest BCUT2D eigenvalue weighted by atomic mass is 10.1. The van der Waals surface area contributed by atoms with Crippen molar-refractivity contribution in [3.05, 3.63) is 0 Å². The van der Waals surface area contributed by atoms with Gasteiger partial charge in [0.15, 0.2) is 0 Å². The Balaban J connectivity index is 5.39. The van der Waals surface area contributed by atoms with Gasteiger partial charge >= 0.3 is 0 Å². The topological polar surface area (TPSA) is 455 Å². The summed E-state index contributed by atoms with van der Waals surface area (Å²) in [6.45, 7) is -2.50. The van der Waals surface area contributed by atoms with Crippen molar-refractivity contribution in [1.29, 1.82) is 0 Å². The summed E-state index contributed by atoms with van der Waals surface area (Å²) >= 11 is 0. The minimum atomic E-state index is -1.70. The molecule has 0 spiro atoms. The minimum absolute atomic E-state index is 0.117. The average molecular weight is 804 g/mol. The van der Waals surface area contributed by atoms with Gasteiger partial charge in [0.05, 0.1) is 45.3 Å². The van der Waals surface area contributed by atoms with E-state index in [-0.39, 0.29) is 12.8 Å². The highest BCUT2D eigenvalue weighted by Gasteiger charge is 2.31. The predicted molar refractivity (Wildman–Crippen MR) is 191 cm³/mol. The van der Waals surface area contributed by atoms with E-state index in [1.165, 1.54) is 6.92 Å². The molecule has 0 aliphatic carbocycles. The summed E-state index contributed by atoms with van der Waals surface area (Å²) in [6.07, 6.45) is -0.478. The number of aliphatic hydroxyl groups excluding tert-OH is 2. The molecule has 0 bridgehead atoms. The van der Waals surface area contributed by atoms with E-state index in [0.29, 0.717) is 19.4 Å². The number of hydrogen-bond acceptors (Lipinski definition) is 15. The molecule has 0 saturated carbocycles. The largest absolute Gasteiger partial charge is 0.394 e. The number of carbonyl (C=O) groups is 11. The first-order valence-electron chi connectivity index (χ1n) is 17.1. The monoisotopic (exact) mass is 803 g/mol. The van der Waals surface area contributed by atoms with Gasteiger partial charge < -0.3 is 81.4 Å². The fraction of sp³-hybridized carbons (Fsp3) is 0.633. The minimum Gasteiger partial charge on any atom is -0.394 e. The Hall–Kier alpha value is -5.99. The van der Waals surface area contributed by atoms with Gasteiger partial charge in [-0.05, 0) is 39.2 Å². The molecule has 0 aliphatic heterocycles. The molecule has 0 radical (unpaired) electrons. The van der Waals surface area contributed by atoms with E-state index in [0.717, 1.165) is 0 Å².